The Bertz CT molecular complexity index is 458. The van der Waals surface area contributed by atoms with E-state index in [0.717, 1.165) is 12.1 Å². The minimum atomic E-state index is -0.347. The molecule has 3 heteroatoms. The molecule has 19 heavy (non-hydrogen) atoms. The summed E-state index contributed by atoms with van der Waals surface area (Å²) < 4.78 is 13.4. The van der Waals surface area contributed by atoms with E-state index in [4.69, 9.17) is 5.26 Å². The number of hydrogen-bond acceptors (Lipinski definition) is 2. The summed E-state index contributed by atoms with van der Waals surface area (Å²) in [5.74, 6) is 0.326. The third-order valence-corrected chi connectivity index (χ3v) is 4.04. The van der Waals surface area contributed by atoms with Crippen molar-refractivity contribution >= 4 is 5.69 Å². The lowest BCUT2D eigenvalue weighted by atomic mass is 9.83. The normalized spacial score (nSPS) is 17.7. The van der Waals surface area contributed by atoms with Crippen LogP contribution in [0.25, 0.3) is 0 Å². The summed E-state index contributed by atoms with van der Waals surface area (Å²) in [6.45, 7) is 2.16. The molecular weight excluding hydrogens is 239 g/mol. The minimum absolute atomic E-state index is 0.347. The first-order valence-electron chi connectivity index (χ1n) is 7.20. The number of nitrogens with zero attached hydrogens (tertiary/aromatic N) is 1. The molecule has 1 aliphatic rings. The highest BCUT2D eigenvalue weighted by atomic mass is 19.1. The molecule has 0 saturated heterocycles. The van der Waals surface area contributed by atoms with Gasteiger partial charge in [0.1, 0.15) is 5.82 Å². The van der Waals surface area contributed by atoms with E-state index in [0.29, 0.717) is 17.5 Å². The Morgan fingerprint density at radius 3 is 2.68 bits per heavy atom. The van der Waals surface area contributed by atoms with E-state index in [2.05, 4.69) is 12.2 Å². The maximum atomic E-state index is 13.4. The molecule has 0 amide bonds. The second-order valence-corrected chi connectivity index (χ2v) is 5.40. The fraction of sp³-hybridized carbons (Fsp3) is 0.562. The summed E-state index contributed by atoms with van der Waals surface area (Å²) in [4.78, 5) is 0. The number of anilines is 1. The maximum Gasteiger partial charge on any atom is 0.126 e. The van der Waals surface area contributed by atoms with Crippen LogP contribution in [-0.2, 0) is 0 Å². The summed E-state index contributed by atoms with van der Waals surface area (Å²) >= 11 is 0. The number of nitriles is 1. The van der Waals surface area contributed by atoms with Crippen molar-refractivity contribution in [2.75, 3.05) is 5.32 Å². The Labute approximate surface area is 114 Å². The largest absolute Gasteiger partial charge is 0.382 e. The molecular formula is C16H21FN2. The fourth-order valence-corrected chi connectivity index (χ4v) is 3.04. The minimum Gasteiger partial charge on any atom is -0.382 e. The molecule has 0 radical (unpaired) electrons. The van der Waals surface area contributed by atoms with Crippen LogP contribution in [0.5, 0.6) is 0 Å². The zero-order chi connectivity index (χ0) is 13.7. The van der Waals surface area contributed by atoms with Crippen molar-refractivity contribution in [2.45, 2.75) is 51.5 Å². The molecule has 1 fully saturated rings. The molecule has 1 N–H and O–H groups in total. The van der Waals surface area contributed by atoms with Gasteiger partial charge in [0.25, 0.3) is 0 Å². The van der Waals surface area contributed by atoms with Gasteiger partial charge in [0.05, 0.1) is 11.6 Å². The molecule has 0 aliphatic heterocycles. The lowest BCUT2D eigenvalue weighted by molar-refractivity contribution is 0.313. The quantitative estimate of drug-likeness (QED) is 0.867. The zero-order valence-corrected chi connectivity index (χ0v) is 11.5. The molecule has 1 saturated carbocycles. The van der Waals surface area contributed by atoms with Crippen LogP contribution in [0.2, 0.25) is 0 Å². The van der Waals surface area contributed by atoms with Crippen molar-refractivity contribution in [3.63, 3.8) is 0 Å². The first-order valence-corrected chi connectivity index (χ1v) is 7.20. The van der Waals surface area contributed by atoms with Crippen LogP contribution >= 0.6 is 0 Å². The Balaban J connectivity index is 2.09. The molecule has 0 spiro atoms. The molecule has 1 aromatic rings. The van der Waals surface area contributed by atoms with E-state index in [1.807, 2.05) is 6.07 Å². The van der Waals surface area contributed by atoms with Gasteiger partial charge in [-0.1, -0.05) is 26.2 Å². The highest BCUT2D eigenvalue weighted by molar-refractivity contribution is 5.50. The highest BCUT2D eigenvalue weighted by Crippen LogP contribution is 2.29. The van der Waals surface area contributed by atoms with Gasteiger partial charge < -0.3 is 5.32 Å². The van der Waals surface area contributed by atoms with Crippen LogP contribution < -0.4 is 5.32 Å². The van der Waals surface area contributed by atoms with Crippen LogP contribution in [0.3, 0.4) is 0 Å². The SMILES string of the molecule is CCC(Nc1cc(F)cc(C#N)c1)C1CCCCC1. The molecule has 102 valence electrons. The van der Waals surface area contributed by atoms with Crippen LogP contribution in [0.1, 0.15) is 51.0 Å². The molecule has 1 aromatic carbocycles. The van der Waals surface area contributed by atoms with Gasteiger partial charge in [0.15, 0.2) is 0 Å². The number of rotatable bonds is 4. The van der Waals surface area contributed by atoms with E-state index in [-0.39, 0.29) is 5.82 Å². The van der Waals surface area contributed by atoms with E-state index >= 15 is 0 Å². The molecule has 1 unspecified atom stereocenters. The zero-order valence-electron chi connectivity index (χ0n) is 11.5. The van der Waals surface area contributed by atoms with E-state index in [1.54, 1.807) is 6.07 Å². The summed E-state index contributed by atoms with van der Waals surface area (Å²) in [6, 6.07) is 6.86. The Kier molecular flexibility index (Phi) is 4.79. The number of halogens is 1. The van der Waals surface area contributed by atoms with Crippen molar-refractivity contribution < 1.29 is 4.39 Å². The number of hydrogen-bond donors (Lipinski definition) is 1. The Morgan fingerprint density at radius 2 is 2.05 bits per heavy atom. The van der Waals surface area contributed by atoms with Crippen molar-refractivity contribution in [3.8, 4) is 6.07 Å². The predicted octanol–water partition coefficient (Wildman–Crippen LogP) is 4.47. The van der Waals surface area contributed by atoms with Gasteiger partial charge in [-0.05, 0) is 43.4 Å². The second kappa shape index (κ2) is 6.56. The molecule has 1 aliphatic carbocycles. The lowest BCUT2D eigenvalue weighted by Crippen LogP contribution is -2.30. The highest BCUT2D eigenvalue weighted by Gasteiger charge is 2.22. The van der Waals surface area contributed by atoms with Crippen LogP contribution in [0.15, 0.2) is 18.2 Å². The smallest absolute Gasteiger partial charge is 0.126 e. The molecule has 0 bridgehead atoms. The van der Waals surface area contributed by atoms with Crippen LogP contribution in [0.4, 0.5) is 10.1 Å². The van der Waals surface area contributed by atoms with Gasteiger partial charge in [0, 0.05) is 11.7 Å². The standard InChI is InChI=1S/C16H21FN2/c1-2-16(13-6-4-3-5-7-13)19-15-9-12(11-18)8-14(17)10-15/h8-10,13,16,19H,2-7H2,1H3. The van der Waals surface area contributed by atoms with E-state index in [9.17, 15) is 4.39 Å². The van der Waals surface area contributed by atoms with Crippen LogP contribution in [0, 0.1) is 23.1 Å². The predicted molar refractivity (Wildman–Crippen MR) is 75.4 cm³/mol. The summed E-state index contributed by atoms with van der Waals surface area (Å²) in [7, 11) is 0. The number of benzene rings is 1. The Morgan fingerprint density at radius 1 is 1.32 bits per heavy atom. The summed E-state index contributed by atoms with van der Waals surface area (Å²) in [5.41, 5.74) is 1.11. The maximum absolute atomic E-state index is 13.4. The van der Waals surface area contributed by atoms with Crippen molar-refractivity contribution in [2.24, 2.45) is 5.92 Å². The van der Waals surface area contributed by atoms with Gasteiger partial charge in [-0.15, -0.1) is 0 Å². The monoisotopic (exact) mass is 260 g/mol. The first kappa shape index (κ1) is 13.9. The van der Waals surface area contributed by atoms with Gasteiger partial charge >= 0.3 is 0 Å². The van der Waals surface area contributed by atoms with Gasteiger partial charge in [0.2, 0.25) is 0 Å². The molecule has 0 heterocycles. The van der Waals surface area contributed by atoms with Crippen molar-refractivity contribution in [1.82, 2.24) is 0 Å². The summed E-state index contributed by atoms with van der Waals surface area (Å²) in [5, 5.41) is 12.3. The second-order valence-electron chi connectivity index (χ2n) is 5.40. The molecule has 1 atom stereocenters. The third-order valence-electron chi connectivity index (χ3n) is 4.04. The molecule has 2 rings (SSSR count). The van der Waals surface area contributed by atoms with Crippen molar-refractivity contribution in [1.29, 1.82) is 5.26 Å². The third kappa shape index (κ3) is 3.70. The van der Waals surface area contributed by atoms with Gasteiger partial charge in [-0.3, -0.25) is 0 Å². The van der Waals surface area contributed by atoms with Gasteiger partial charge in [-0.25, -0.2) is 4.39 Å². The Hall–Kier alpha value is -1.56. The molecule has 2 nitrogen and oxygen atoms in total. The van der Waals surface area contributed by atoms with Crippen LogP contribution in [-0.4, -0.2) is 6.04 Å². The summed E-state index contributed by atoms with van der Waals surface area (Å²) in [6.07, 6.45) is 7.48. The van der Waals surface area contributed by atoms with Crippen molar-refractivity contribution in [3.05, 3.63) is 29.6 Å². The average molecular weight is 260 g/mol. The lowest BCUT2D eigenvalue weighted by Gasteiger charge is -2.31. The molecule has 0 aromatic heterocycles. The first-order chi connectivity index (χ1) is 9.22. The average Bonchev–Trinajstić information content (AvgIpc) is 2.45. The van der Waals surface area contributed by atoms with E-state index < -0.39 is 0 Å². The number of nitrogens with one attached hydrogen (secondary N) is 1. The fourth-order valence-electron chi connectivity index (χ4n) is 3.04. The van der Waals surface area contributed by atoms with E-state index in [1.165, 1.54) is 44.2 Å². The topological polar surface area (TPSA) is 35.8 Å². The van der Waals surface area contributed by atoms with Gasteiger partial charge in [-0.2, -0.15) is 5.26 Å².